The molecule has 7 nitrogen and oxygen atoms in total. The summed E-state index contributed by atoms with van der Waals surface area (Å²) in [6.45, 7) is 0. The fraction of sp³-hybridized carbons (Fsp3) is 0.267. The van der Waals surface area contributed by atoms with Gasteiger partial charge in [-0.25, -0.2) is 27.2 Å². The molecule has 1 amide bonds. The maximum Gasteiger partial charge on any atom is 0.270 e. The lowest BCUT2D eigenvalue weighted by molar-refractivity contribution is 0.0936. The van der Waals surface area contributed by atoms with Crippen LogP contribution in [-0.4, -0.2) is 41.8 Å². The van der Waals surface area contributed by atoms with Gasteiger partial charge in [0.25, 0.3) is 5.91 Å². The van der Waals surface area contributed by atoms with Crippen molar-refractivity contribution in [3.8, 4) is 0 Å². The molecule has 1 aliphatic rings. The Balaban J connectivity index is 1.71. The molecule has 2 aromatic rings. The smallest absolute Gasteiger partial charge is 0.270 e. The molecule has 1 atom stereocenters. The Bertz CT molecular complexity index is 921. The number of anilines is 2. The molecule has 2 N–H and O–H groups in total. The highest BCUT2D eigenvalue weighted by atomic mass is 32.2. The van der Waals surface area contributed by atoms with Crippen LogP contribution >= 0.6 is 0 Å². The number of nitrogens with one attached hydrogen (secondary N) is 2. The molecule has 2 heterocycles. The van der Waals surface area contributed by atoms with Crippen LogP contribution in [0.2, 0.25) is 0 Å². The molecule has 1 unspecified atom stereocenters. The van der Waals surface area contributed by atoms with Crippen molar-refractivity contribution in [1.82, 2.24) is 15.3 Å². The third kappa shape index (κ3) is 4.27. The van der Waals surface area contributed by atoms with Gasteiger partial charge in [-0.2, -0.15) is 0 Å². The first kappa shape index (κ1) is 17.2. The number of carbonyl (C=O) groups is 1. The Hall–Kier alpha value is -2.62. The van der Waals surface area contributed by atoms with Crippen molar-refractivity contribution < 1.29 is 22.0 Å². The summed E-state index contributed by atoms with van der Waals surface area (Å²) in [4.78, 5) is 20.0. The van der Waals surface area contributed by atoms with E-state index in [1.807, 2.05) is 0 Å². The predicted molar refractivity (Wildman–Crippen MR) is 86.2 cm³/mol. The van der Waals surface area contributed by atoms with Gasteiger partial charge in [0, 0.05) is 18.3 Å². The molecule has 0 aliphatic carbocycles. The third-order valence-electron chi connectivity index (χ3n) is 3.63. The van der Waals surface area contributed by atoms with Gasteiger partial charge in [-0.15, -0.1) is 0 Å². The van der Waals surface area contributed by atoms with Crippen molar-refractivity contribution >= 4 is 27.4 Å². The summed E-state index contributed by atoms with van der Waals surface area (Å²) in [5.41, 5.74) is -0.0369. The van der Waals surface area contributed by atoms with E-state index in [2.05, 4.69) is 20.6 Å². The van der Waals surface area contributed by atoms with Gasteiger partial charge in [-0.3, -0.25) is 4.79 Å². The molecule has 0 bridgehead atoms. The molecule has 0 radical (unpaired) electrons. The number of rotatable bonds is 4. The Morgan fingerprint density at radius 1 is 1.24 bits per heavy atom. The van der Waals surface area contributed by atoms with E-state index in [0.717, 1.165) is 6.07 Å². The van der Waals surface area contributed by atoms with E-state index in [1.54, 1.807) is 0 Å². The minimum Gasteiger partial charge on any atom is -0.347 e. The quantitative estimate of drug-likeness (QED) is 0.846. The number of aromatic nitrogens is 2. The summed E-state index contributed by atoms with van der Waals surface area (Å²) < 4.78 is 49.4. The molecule has 0 saturated carbocycles. The number of halogens is 2. The van der Waals surface area contributed by atoms with Crippen LogP contribution in [0.3, 0.4) is 0 Å². The highest BCUT2D eigenvalue weighted by Crippen LogP contribution is 2.18. The highest BCUT2D eigenvalue weighted by Gasteiger charge is 2.29. The fourth-order valence-electron chi connectivity index (χ4n) is 2.42. The van der Waals surface area contributed by atoms with Crippen LogP contribution in [0.5, 0.6) is 0 Å². The summed E-state index contributed by atoms with van der Waals surface area (Å²) in [6.07, 6.45) is 1.65. The minimum absolute atomic E-state index is 0.00400. The van der Waals surface area contributed by atoms with E-state index in [9.17, 15) is 22.0 Å². The minimum atomic E-state index is -3.11. The Morgan fingerprint density at radius 2 is 2.04 bits per heavy atom. The number of amides is 1. The molecule has 1 aliphatic heterocycles. The van der Waals surface area contributed by atoms with Gasteiger partial charge in [0.15, 0.2) is 9.84 Å². The molecular weight excluding hydrogens is 354 g/mol. The average Bonchev–Trinajstić information content (AvgIpc) is 2.89. The molecule has 3 rings (SSSR count). The van der Waals surface area contributed by atoms with Crippen molar-refractivity contribution in [3.63, 3.8) is 0 Å². The van der Waals surface area contributed by atoms with E-state index in [1.165, 1.54) is 18.3 Å². The monoisotopic (exact) mass is 368 g/mol. The maximum absolute atomic E-state index is 13.6. The zero-order valence-electron chi connectivity index (χ0n) is 12.9. The van der Waals surface area contributed by atoms with Crippen LogP contribution in [0.25, 0.3) is 0 Å². The first-order valence-electron chi connectivity index (χ1n) is 7.39. The van der Waals surface area contributed by atoms with E-state index in [0.29, 0.717) is 12.5 Å². The number of carbonyl (C=O) groups excluding carboxylic acids is 1. The van der Waals surface area contributed by atoms with Crippen LogP contribution in [0.1, 0.15) is 16.9 Å². The number of nitrogens with zero attached hydrogens (tertiary/aromatic N) is 2. The summed E-state index contributed by atoms with van der Waals surface area (Å²) in [5.74, 6) is -2.20. The van der Waals surface area contributed by atoms with Gasteiger partial charge in [-0.05, 0) is 24.6 Å². The summed E-state index contributed by atoms with van der Waals surface area (Å²) >= 11 is 0. The zero-order valence-corrected chi connectivity index (χ0v) is 13.7. The standard InChI is InChI=1S/C15H14F2N4O3S/c16-9-1-2-12(11(17)7-9)20-15-18-5-3-13(21-15)14(22)19-10-4-6-25(23,24)8-10/h1-3,5,7,10H,4,6,8H2,(H,19,22)(H,18,20,21). The van der Waals surface area contributed by atoms with Gasteiger partial charge < -0.3 is 10.6 Å². The Morgan fingerprint density at radius 3 is 2.72 bits per heavy atom. The summed E-state index contributed by atoms with van der Waals surface area (Å²) in [7, 11) is -3.11. The normalized spacial score (nSPS) is 18.7. The molecule has 25 heavy (non-hydrogen) atoms. The van der Waals surface area contributed by atoms with Crippen LogP contribution in [0, 0.1) is 11.6 Å². The largest absolute Gasteiger partial charge is 0.347 e. The molecular formula is C15H14F2N4O3S. The van der Waals surface area contributed by atoms with Gasteiger partial charge >= 0.3 is 0 Å². The first-order valence-corrected chi connectivity index (χ1v) is 9.21. The molecule has 1 saturated heterocycles. The van der Waals surface area contributed by atoms with E-state index >= 15 is 0 Å². The number of sulfone groups is 1. The SMILES string of the molecule is O=C(NC1CCS(=O)(=O)C1)c1ccnc(Nc2ccc(F)cc2F)n1. The predicted octanol–water partition coefficient (Wildman–Crippen LogP) is 1.42. The Kier molecular flexibility index (Phi) is 4.62. The van der Waals surface area contributed by atoms with E-state index in [4.69, 9.17) is 0 Å². The fourth-order valence-corrected chi connectivity index (χ4v) is 4.10. The van der Waals surface area contributed by atoms with Crippen molar-refractivity contribution in [1.29, 1.82) is 0 Å². The lowest BCUT2D eigenvalue weighted by Crippen LogP contribution is -2.36. The molecule has 1 aromatic heterocycles. The molecule has 0 spiro atoms. The second-order valence-corrected chi connectivity index (χ2v) is 7.82. The summed E-state index contributed by atoms with van der Waals surface area (Å²) in [6, 6.07) is 3.86. The molecule has 10 heteroatoms. The molecule has 1 aromatic carbocycles. The lowest BCUT2D eigenvalue weighted by Gasteiger charge is -2.11. The van der Waals surface area contributed by atoms with Gasteiger partial charge in [0.1, 0.15) is 17.3 Å². The topological polar surface area (TPSA) is 101 Å². The van der Waals surface area contributed by atoms with E-state index < -0.39 is 33.4 Å². The number of benzene rings is 1. The van der Waals surface area contributed by atoms with Crippen LogP contribution in [0.4, 0.5) is 20.4 Å². The van der Waals surface area contributed by atoms with Crippen LogP contribution in [0.15, 0.2) is 30.5 Å². The van der Waals surface area contributed by atoms with Gasteiger partial charge in [-0.1, -0.05) is 0 Å². The van der Waals surface area contributed by atoms with Gasteiger partial charge in [0.05, 0.1) is 17.2 Å². The molecule has 1 fully saturated rings. The third-order valence-corrected chi connectivity index (χ3v) is 5.40. The van der Waals surface area contributed by atoms with Crippen molar-refractivity contribution in [2.75, 3.05) is 16.8 Å². The lowest BCUT2D eigenvalue weighted by atomic mass is 10.2. The van der Waals surface area contributed by atoms with Gasteiger partial charge in [0.2, 0.25) is 5.95 Å². The van der Waals surface area contributed by atoms with Crippen molar-refractivity contribution in [2.45, 2.75) is 12.5 Å². The Labute approximate surface area is 142 Å². The average molecular weight is 368 g/mol. The van der Waals surface area contributed by atoms with Crippen LogP contribution in [-0.2, 0) is 9.84 Å². The maximum atomic E-state index is 13.6. The number of hydrogen-bond acceptors (Lipinski definition) is 6. The second kappa shape index (κ2) is 6.71. The van der Waals surface area contributed by atoms with E-state index in [-0.39, 0.29) is 28.8 Å². The van der Waals surface area contributed by atoms with Crippen molar-refractivity contribution in [2.24, 2.45) is 0 Å². The molecule has 132 valence electrons. The zero-order chi connectivity index (χ0) is 18.0. The highest BCUT2D eigenvalue weighted by molar-refractivity contribution is 7.91. The summed E-state index contributed by atoms with van der Waals surface area (Å²) in [5, 5.41) is 5.16. The first-order chi connectivity index (χ1) is 11.8. The van der Waals surface area contributed by atoms with Crippen molar-refractivity contribution in [3.05, 3.63) is 47.8 Å². The number of hydrogen-bond donors (Lipinski definition) is 2. The second-order valence-electron chi connectivity index (χ2n) is 5.59. The van der Waals surface area contributed by atoms with Crippen LogP contribution < -0.4 is 10.6 Å².